The first kappa shape index (κ1) is 19.3. The number of amides is 1. The van der Waals surface area contributed by atoms with Gasteiger partial charge in [-0.2, -0.15) is 4.80 Å². The van der Waals surface area contributed by atoms with Gasteiger partial charge in [0.25, 0.3) is 0 Å². The molecule has 0 bridgehead atoms. The van der Waals surface area contributed by atoms with Crippen LogP contribution in [-0.4, -0.2) is 39.8 Å². The predicted octanol–water partition coefficient (Wildman–Crippen LogP) is 2.45. The van der Waals surface area contributed by atoms with Gasteiger partial charge < -0.3 is 14.8 Å². The van der Waals surface area contributed by atoms with Gasteiger partial charge >= 0.3 is 0 Å². The van der Waals surface area contributed by atoms with Gasteiger partial charge in [0.05, 0.1) is 13.7 Å². The summed E-state index contributed by atoms with van der Waals surface area (Å²) < 4.78 is 10.7. The molecule has 3 aromatic rings. The van der Waals surface area contributed by atoms with Gasteiger partial charge in [0, 0.05) is 12.1 Å². The van der Waals surface area contributed by atoms with Crippen molar-refractivity contribution in [1.82, 2.24) is 25.5 Å². The number of nitrogens with zero attached hydrogens (tertiary/aromatic N) is 4. The van der Waals surface area contributed by atoms with Crippen LogP contribution in [-0.2, 0) is 17.9 Å². The maximum absolute atomic E-state index is 12.1. The summed E-state index contributed by atoms with van der Waals surface area (Å²) in [6.07, 6.45) is 0.957. The first-order valence-corrected chi connectivity index (χ1v) is 9.08. The SMILES string of the molecule is CCCOc1ccc(-c2nnn(CC(=O)NCc3ccc(OC)cc3)n2)cc1. The van der Waals surface area contributed by atoms with Crippen LogP contribution < -0.4 is 14.8 Å². The van der Waals surface area contributed by atoms with Crippen molar-refractivity contribution >= 4 is 5.91 Å². The predicted molar refractivity (Wildman–Crippen MR) is 104 cm³/mol. The highest BCUT2D eigenvalue weighted by Gasteiger charge is 2.09. The van der Waals surface area contributed by atoms with Gasteiger partial charge in [-0.25, -0.2) is 0 Å². The molecule has 2 aromatic carbocycles. The molecule has 0 aliphatic heterocycles. The third kappa shape index (κ3) is 5.29. The quantitative estimate of drug-likeness (QED) is 0.612. The van der Waals surface area contributed by atoms with Crippen LogP contribution >= 0.6 is 0 Å². The molecule has 0 fully saturated rings. The third-order valence-corrected chi connectivity index (χ3v) is 3.97. The zero-order valence-corrected chi connectivity index (χ0v) is 16.0. The minimum atomic E-state index is -0.192. The van der Waals surface area contributed by atoms with Gasteiger partial charge in [0.15, 0.2) is 0 Å². The molecule has 0 aliphatic carbocycles. The van der Waals surface area contributed by atoms with Crippen LogP contribution in [0.5, 0.6) is 11.5 Å². The summed E-state index contributed by atoms with van der Waals surface area (Å²) in [7, 11) is 1.62. The van der Waals surface area contributed by atoms with Gasteiger partial charge in [0.2, 0.25) is 11.7 Å². The summed E-state index contributed by atoms with van der Waals surface area (Å²) in [5, 5.41) is 15.1. The fraction of sp³-hybridized carbons (Fsp3) is 0.300. The Bertz CT molecular complexity index is 891. The van der Waals surface area contributed by atoms with E-state index in [9.17, 15) is 4.79 Å². The van der Waals surface area contributed by atoms with Gasteiger partial charge in [0.1, 0.15) is 18.0 Å². The number of rotatable bonds is 9. The van der Waals surface area contributed by atoms with Crippen LogP contribution in [0.1, 0.15) is 18.9 Å². The highest BCUT2D eigenvalue weighted by molar-refractivity contribution is 5.75. The van der Waals surface area contributed by atoms with Crippen LogP contribution in [0.4, 0.5) is 0 Å². The molecule has 8 nitrogen and oxygen atoms in total. The number of benzene rings is 2. The van der Waals surface area contributed by atoms with Crippen LogP contribution in [0, 0.1) is 0 Å². The average Bonchev–Trinajstić information content (AvgIpc) is 3.20. The molecule has 0 saturated carbocycles. The minimum absolute atomic E-state index is 0.000843. The summed E-state index contributed by atoms with van der Waals surface area (Å²) in [6.45, 7) is 3.16. The van der Waals surface area contributed by atoms with Gasteiger partial charge in [-0.1, -0.05) is 19.1 Å². The smallest absolute Gasteiger partial charge is 0.243 e. The van der Waals surface area contributed by atoms with Crippen molar-refractivity contribution < 1.29 is 14.3 Å². The molecule has 0 radical (unpaired) electrons. The molecule has 0 saturated heterocycles. The Hall–Kier alpha value is -3.42. The van der Waals surface area contributed by atoms with E-state index in [1.165, 1.54) is 4.80 Å². The lowest BCUT2D eigenvalue weighted by atomic mass is 10.2. The van der Waals surface area contributed by atoms with Crippen LogP contribution in [0.15, 0.2) is 48.5 Å². The topological polar surface area (TPSA) is 91.2 Å². The Kier molecular flexibility index (Phi) is 6.56. The molecule has 0 unspecified atom stereocenters. The second-order valence-corrected chi connectivity index (χ2v) is 6.14. The molecule has 0 spiro atoms. The number of methoxy groups -OCH3 is 1. The Morgan fingerprint density at radius 2 is 1.79 bits per heavy atom. The fourth-order valence-corrected chi connectivity index (χ4v) is 2.47. The summed E-state index contributed by atoms with van der Waals surface area (Å²) in [4.78, 5) is 13.4. The van der Waals surface area contributed by atoms with E-state index in [-0.39, 0.29) is 12.5 Å². The molecule has 3 rings (SSSR count). The average molecular weight is 381 g/mol. The molecule has 1 aromatic heterocycles. The van der Waals surface area contributed by atoms with Crippen molar-refractivity contribution in [3.63, 3.8) is 0 Å². The number of ether oxygens (including phenoxy) is 2. The largest absolute Gasteiger partial charge is 0.497 e. The summed E-state index contributed by atoms with van der Waals surface area (Å²) in [5.41, 5.74) is 1.79. The highest BCUT2D eigenvalue weighted by Crippen LogP contribution is 2.18. The lowest BCUT2D eigenvalue weighted by Crippen LogP contribution is -2.28. The highest BCUT2D eigenvalue weighted by atomic mass is 16.5. The van der Waals surface area contributed by atoms with E-state index >= 15 is 0 Å². The normalized spacial score (nSPS) is 10.5. The molecule has 1 N–H and O–H groups in total. The molecule has 0 aliphatic rings. The number of aromatic nitrogens is 4. The number of carbonyl (C=O) groups excluding carboxylic acids is 1. The molecular formula is C20H23N5O3. The van der Waals surface area contributed by atoms with Crippen molar-refractivity contribution in [2.24, 2.45) is 0 Å². The van der Waals surface area contributed by atoms with Crippen molar-refractivity contribution in [2.75, 3.05) is 13.7 Å². The van der Waals surface area contributed by atoms with Crippen molar-refractivity contribution in [3.8, 4) is 22.9 Å². The zero-order chi connectivity index (χ0) is 19.8. The number of tetrazole rings is 1. The molecule has 28 heavy (non-hydrogen) atoms. The van der Waals surface area contributed by atoms with Crippen LogP contribution in [0.25, 0.3) is 11.4 Å². The number of nitrogens with one attached hydrogen (secondary N) is 1. The molecule has 1 amide bonds. The maximum Gasteiger partial charge on any atom is 0.243 e. The minimum Gasteiger partial charge on any atom is -0.497 e. The second-order valence-electron chi connectivity index (χ2n) is 6.14. The standard InChI is InChI=1S/C20H23N5O3/c1-3-12-28-18-10-6-16(7-11-18)20-22-24-25(23-20)14-19(26)21-13-15-4-8-17(27-2)9-5-15/h4-11H,3,12-14H2,1-2H3,(H,21,26). The van der Waals surface area contributed by atoms with Crippen molar-refractivity contribution in [1.29, 1.82) is 0 Å². The van der Waals surface area contributed by atoms with E-state index < -0.39 is 0 Å². The Labute approximate surface area is 163 Å². The first-order chi connectivity index (χ1) is 13.7. The van der Waals surface area contributed by atoms with E-state index in [2.05, 4.69) is 27.7 Å². The summed E-state index contributed by atoms with van der Waals surface area (Å²) >= 11 is 0. The second kappa shape index (κ2) is 9.50. The Balaban J connectivity index is 1.52. The van der Waals surface area contributed by atoms with Crippen molar-refractivity contribution in [3.05, 3.63) is 54.1 Å². The zero-order valence-electron chi connectivity index (χ0n) is 16.0. The van der Waals surface area contributed by atoms with Crippen molar-refractivity contribution in [2.45, 2.75) is 26.4 Å². The van der Waals surface area contributed by atoms with Crippen LogP contribution in [0.2, 0.25) is 0 Å². The molecule has 0 atom stereocenters. The Morgan fingerprint density at radius 1 is 1.07 bits per heavy atom. The monoisotopic (exact) mass is 381 g/mol. The maximum atomic E-state index is 12.1. The molecule has 8 heteroatoms. The lowest BCUT2D eigenvalue weighted by molar-refractivity contribution is -0.122. The first-order valence-electron chi connectivity index (χ1n) is 9.08. The van der Waals surface area contributed by atoms with Gasteiger partial charge in [-0.15, -0.1) is 10.2 Å². The van der Waals surface area contributed by atoms with E-state index in [4.69, 9.17) is 9.47 Å². The molecule has 1 heterocycles. The third-order valence-electron chi connectivity index (χ3n) is 3.97. The Morgan fingerprint density at radius 3 is 2.46 bits per heavy atom. The van der Waals surface area contributed by atoms with E-state index in [0.29, 0.717) is 19.0 Å². The number of carbonyl (C=O) groups is 1. The molecular weight excluding hydrogens is 358 g/mol. The lowest BCUT2D eigenvalue weighted by Gasteiger charge is -2.06. The summed E-state index contributed by atoms with van der Waals surface area (Å²) in [5.74, 6) is 1.85. The summed E-state index contributed by atoms with van der Waals surface area (Å²) in [6, 6.07) is 15.0. The van der Waals surface area contributed by atoms with E-state index in [1.54, 1.807) is 7.11 Å². The van der Waals surface area contributed by atoms with Gasteiger partial charge in [-0.05, 0) is 53.6 Å². The number of hydrogen-bond donors (Lipinski definition) is 1. The van der Waals surface area contributed by atoms with E-state index in [0.717, 1.165) is 29.0 Å². The fourth-order valence-electron chi connectivity index (χ4n) is 2.47. The van der Waals surface area contributed by atoms with Crippen LogP contribution in [0.3, 0.4) is 0 Å². The molecule has 146 valence electrons. The van der Waals surface area contributed by atoms with Gasteiger partial charge in [-0.3, -0.25) is 4.79 Å². The number of hydrogen-bond acceptors (Lipinski definition) is 6. The van der Waals surface area contributed by atoms with E-state index in [1.807, 2.05) is 48.5 Å².